The average molecular weight is 458 g/mol. The van der Waals surface area contributed by atoms with Crippen molar-refractivity contribution in [2.45, 2.75) is 23.5 Å². The van der Waals surface area contributed by atoms with E-state index in [0.717, 1.165) is 9.48 Å². The van der Waals surface area contributed by atoms with Gasteiger partial charge >= 0.3 is 0 Å². The Bertz CT molecular complexity index is 855. The van der Waals surface area contributed by atoms with Crippen LogP contribution in [0.4, 0.5) is 0 Å². The minimum absolute atomic E-state index is 0.0896. The maximum absolute atomic E-state index is 12.7. The molecule has 2 aromatic heterocycles. The molecule has 26 heavy (non-hydrogen) atoms. The Morgan fingerprint density at radius 2 is 2.19 bits per heavy atom. The zero-order valence-corrected chi connectivity index (χ0v) is 17.3. The van der Waals surface area contributed by atoms with Crippen LogP contribution in [0.2, 0.25) is 0 Å². The number of rotatable bonds is 6. The number of pyridine rings is 1. The van der Waals surface area contributed by atoms with Gasteiger partial charge in [0.15, 0.2) is 0 Å². The monoisotopic (exact) mass is 457 g/mol. The van der Waals surface area contributed by atoms with Gasteiger partial charge in [-0.25, -0.2) is 8.42 Å². The number of thiophene rings is 1. The van der Waals surface area contributed by atoms with E-state index in [-0.39, 0.29) is 18.4 Å². The van der Waals surface area contributed by atoms with Crippen LogP contribution in [0.5, 0.6) is 0 Å². The SMILES string of the molecule is O=C(NCCc1ccccn1)C1CCCN(S(=O)(=O)c2ccc(Br)s2)C1. The van der Waals surface area contributed by atoms with Crippen molar-refractivity contribution >= 4 is 43.2 Å². The molecule has 9 heteroatoms. The number of nitrogens with zero attached hydrogens (tertiary/aromatic N) is 2. The molecule has 1 fully saturated rings. The maximum Gasteiger partial charge on any atom is 0.252 e. The Kier molecular flexibility index (Phi) is 6.44. The summed E-state index contributed by atoms with van der Waals surface area (Å²) in [6.45, 7) is 1.18. The number of carbonyl (C=O) groups is 1. The second-order valence-electron chi connectivity index (χ2n) is 6.12. The van der Waals surface area contributed by atoms with E-state index in [2.05, 4.69) is 26.2 Å². The molecule has 0 bridgehead atoms. The van der Waals surface area contributed by atoms with Crippen LogP contribution in [0.3, 0.4) is 0 Å². The summed E-state index contributed by atoms with van der Waals surface area (Å²) in [6, 6.07) is 9.01. The fourth-order valence-electron chi connectivity index (χ4n) is 2.94. The van der Waals surface area contributed by atoms with Gasteiger partial charge in [-0.1, -0.05) is 6.07 Å². The number of hydrogen-bond donors (Lipinski definition) is 1. The number of hydrogen-bond acceptors (Lipinski definition) is 5. The van der Waals surface area contributed by atoms with Crippen molar-refractivity contribution in [1.82, 2.24) is 14.6 Å². The highest BCUT2D eigenvalue weighted by atomic mass is 79.9. The molecule has 3 heterocycles. The highest BCUT2D eigenvalue weighted by molar-refractivity contribution is 9.11. The first kappa shape index (κ1) is 19.5. The lowest BCUT2D eigenvalue weighted by atomic mass is 9.99. The van der Waals surface area contributed by atoms with Gasteiger partial charge in [-0.15, -0.1) is 11.3 Å². The molecular formula is C17H20BrN3O3S2. The third-order valence-corrected chi connectivity index (χ3v) is 8.26. The van der Waals surface area contributed by atoms with Crippen molar-refractivity contribution in [2.24, 2.45) is 5.92 Å². The van der Waals surface area contributed by atoms with E-state index in [0.29, 0.717) is 36.6 Å². The normalized spacial score (nSPS) is 18.6. The first-order chi connectivity index (χ1) is 12.5. The lowest BCUT2D eigenvalue weighted by Gasteiger charge is -2.30. The second-order valence-corrected chi connectivity index (χ2v) is 10.8. The quantitative estimate of drug-likeness (QED) is 0.722. The summed E-state index contributed by atoms with van der Waals surface area (Å²) in [7, 11) is -3.54. The highest BCUT2D eigenvalue weighted by Gasteiger charge is 2.33. The molecule has 1 atom stereocenters. The van der Waals surface area contributed by atoms with Crippen LogP contribution in [0, 0.1) is 5.92 Å². The van der Waals surface area contributed by atoms with E-state index in [1.54, 1.807) is 18.3 Å². The van der Waals surface area contributed by atoms with Crippen molar-refractivity contribution in [3.05, 3.63) is 46.0 Å². The summed E-state index contributed by atoms with van der Waals surface area (Å²) in [6.07, 6.45) is 3.77. The minimum atomic E-state index is -3.54. The van der Waals surface area contributed by atoms with Gasteiger partial charge in [-0.05, 0) is 53.0 Å². The van der Waals surface area contributed by atoms with E-state index in [4.69, 9.17) is 0 Å². The lowest BCUT2D eigenvalue weighted by Crippen LogP contribution is -2.45. The van der Waals surface area contributed by atoms with E-state index in [9.17, 15) is 13.2 Å². The fourth-order valence-corrected chi connectivity index (χ4v) is 6.63. The molecule has 140 valence electrons. The Morgan fingerprint density at radius 3 is 2.88 bits per heavy atom. The van der Waals surface area contributed by atoms with Gasteiger partial charge < -0.3 is 5.32 Å². The molecule has 1 aliphatic heterocycles. The third kappa shape index (κ3) is 4.70. The standard InChI is InChI=1S/C17H20BrN3O3S2/c18-15-6-7-16(25-15)26(23,24)21-11-3-4-13(12-21)17(22)20-10-8-14-5-1-2-9-19-14/h1-2,5-7,9,13H,3-4,8,10-12H2,(H,20,22). The van der Waals surface area contributed by atoms with Crippen LogP contribution < -0.4 is 5.32 Å². The number of aromatic nitrogens is 1. The molecule has 0 spiro atoms. The number of nitrogens with one attached hydrogen (secondary N) is 1. The second kappa shape index (κ2) is 8.60. The molecule has 0 saturated carbocycles. The molecule has 6 nitrogen and oxygen atoms in total. The first-order valence-corrected chi connectivity index (χ1v) is 11.4. The Labute approximate surface area is 165 Å². The van der Waals surface area contributed by atoms with Crippen LogP contribution in [0.25, 0.3) is 0 Å². The van der Waals surface area contributed by atoms with E-state index in [1.165, 1.54) is 15.6 Å². The predicted octanol–water partition coefficient (Wildman–Crippen LogP) is 2.67. The zero-order chi connectivity index (χ0) is 18.6. The van der Waals surface area contributed by atoms with Crippen molar-refractivity contribution in [3.8, 4) is 0 Å². The van der Waals surface area contributed by atoms with E-state index >= 15 is 0 Å². The van der Waals surface area contributed by atoms with Crippen molar-refractivity contribution < 1.29 is 13.2 Å². The molecule has 0 aromatic carbocycles. The first-order valence-electron chi connectivity index (χ1n) is 8.40. The van der Waals surface area contributed by atoms with Gasteiger partial charge in [0.2, 0.25) is 5.91 Å². The molecule has 1 saturated heterocycles. The largest absolute Gasteiger partial charge is 0.355 e. The molecule has 3 rings (SSSR count). The summed E-state index contributed by atoms with van der Waals surface area (Å²) in [5.74, 6) is -0.404. The van der Waals surface area contributed by atoms with E-state index in [1.807, 2.05) is 18.2 Å². The Hall–Kier alpha value is -1.29. The Balaban J connectivity index is 1.56. The molecule has 1 N–H and O–H groups in total. The molecule has 0 aliphatic carbocycles. The van der Waals surface area contributed by atoms with Crippen LogP contribution in [0.15, 0.2) is 44.5 Å². The molecule has 1 amide bonds. The van der Waals surface area contributed by atoms with Crippen LogP contribution in [-0.2, 0) is 21.2 Å². The van der Waals surface area contributed by atoms with E-state index < -0.39 is 10.0 Å². The summed E-state index contributed by atoms with van der Waals surface area (Å²) in [4.78, 5) is 16.7. The number of amides is 1. The number of sulfonamides is 1. The van der Waals surface area contributed by atoms with Gasteiger partial charge in [-0.3, -0.25) is 9.78 Å². The van der Waals surface area contributed by atoms with Crippen molar-refractivity contribution in [3.63, 3.8) is 0 Å². The summed E-state index contributed by atoms with van der Waals surface area (Å²) >= 11 is 4.49. The van der Waals surface area contributed by atoms with Crippen molar-refractivity contribution in [2.75, 3.05) is 19.6 Å². The zero-order valence-electron chi connectivity index (χ0n) is 14.1. The summed E-state index contributed by atoms with van der Waals surface area (Å²) in [5.41, 5.74) is 0.920. The fraction of sp³-hybridized carbons (Fsp3) is 0.412. The maximum atomic E-state index is 12.7. The van der Waals surface area contributed by atoms with Crippen molar-refractivity contribution in [1.29, 1.82) is 0 Å². The molecule has 0 radical (unpaired) electrons. The number of piperidine rings is 1. The number of carbonyl (C=O) groups excluding carboxylic acids is 1. The topological polar surface area (TPSA) is 79.4 Å². The predicted molar refractivity (Wildman–Crippen MR) is 104 cm³/mol. The van der Waals surface area contributed by atoms with Gasteiger partial charge in [0, 0.05) is 37.9 Å². The van der Waals surface area contributed by atoms with Crippen LogP contribution >= 0.6 is 27.3 Å². The summed E-state index contributed by atoms with van der Waals surface area (Å²) in [5, 5.41) is 2.91. The molecular weight excluding hydrogens is 438 g/mol. The minimum Gasteiger partial charge on any atom is -0.355 e. The molecule has 1 aliphatic rings. The van der Waals surface area contributed by atoms with Gasteiger partial charge in [-0.2, -0.15) is 4.31 Å². The van der Waals surface area contributed by atoms with Crippen LogP contribution in [0.1, 0.15) is 18.5 Å². The Morgan fingerprint density at radius 1 is 1.35 bits per heavy atom. The lowest BCUT2D eigenvalue weighted by molar-refractivity contribution is -0.126. The smallest absolute Gasteiger partial charge is 0.252 e. The third-order valence-electron chi connectivity index (χ3n) is 4.30. The number of halogens is 1. The highest BCUT2D eigenvalue weighted by Crippen LogP contribution is 2.30. The van der Waals surface area contributed by atoms with Gasteiger partial charge in [0.25, 0.3) is 10.0 Å². The molecule has 2 aromatic rings. The summed E-state index contributed by atoms with van der Waals surface area (Å²) < 4.78 is 28.0. The van der Waals surface area contributed by atoms with Gasteiger partial charge in [0.05, 0.1) is 9.70 Å². The average Bonchev–Trinajstić information content (AvgIpc) is 3.10. The molecule has 1 unspecified atom stereocenters. The van der Waals surface area contributed by atoms with Gasteiger partial charge in [0.1, 0.15) is 4.21 Å². The van der Waals surface area contributed by atoms with Crippen LogP contribution in [-0.4, -0.2) is 43.2 Å².